The van der Waals surface area contributed by atoms with Crippen molar-refractivity contribution in [3.63, 3.8) is 0 Å². The van der Waals surface area contributed by atoms with Crippen molar-refractivity contribution in [3.8, 4) is 0 Å². The van der Waals surface area contributed by atoms with Crippen molar-refractivity contribution in [3.05, 3.63) is 0 Å². The number of hydrogen-bond donors (Lipinski definition) is 1. The average Bonchev–Trinajstić information content (AvgIpc) is 2.46. The molecule has 2 atom stereocenters. The lowest BCUT2D eigenvalue weighted by Gasteiger charge is -2.37. The first-order valence-electron chi connectivity index (χ1n) is 5.02. The average molecular weight is 334 g/mol. The zero-order valence-corrected chi connectivity index (χ0v) is 10.9. The molecule has 0 aliphatic carbocycles. The molecule has 0 radical (unpaired) electrons. The van der Waals surface area contributed by atoms with Crippen molar-refractivity contribution in [2.45, 2.75) is 43.3 Å². The van der Waals surface area contributed by atoms with Crippen LogP contribution in [0, 0.1) is 0 Å². The van der Waals surface area contributed by atoms with E-state index in [0.717, 1.165) is 0 Å². The van der Waals surface area contributed by atoms with Crippen LogP contribution in [0.1, 0.15) is 13.8 Å². The minimum atomic E-state index is -6.15. The third kappa shape index (κ3) is 2.56. The molecule has 0 aromatic heterocycles. The molecular weight excluding hydrogens is 324 g/mol. The molecule has 2 unspecified atom stereocenters. The van der Waals surface area contributed by atoms with Crippen molar-refractivity contribution in [1.29, 1.82) is 0 Å². The summed E-state index contributed by atoms with van der Waals surface area (Å²) >= 11 is 0. The van der Waals surface area contributed by atoms with Crippen LogP contribution < -0.4 is 0 Å². The fourth-order valence-corrected chi connectivity index (χ4v) is 3.01. The van der Waals surface area contributed by atoms with Crippen LogP contribution in [0.15, 0.2) is 0 Å². The summed E-state index contributed by atoms with van der Waals surface area (Å²) < 4.78 is 110. The van der Waals surface area contributed by atoms with Gasteiger partial charge in [0, 0.05) is 0 Å². The van der Waals surface area contributed by atoms with Gasteiger partial charge in [0.15, 0.2) is 12.8 Å². The summed E-state index contributed by atoms with van der Waals surface area (Å²) in [7, 11) is -5.10. The van der Waals surface area contributed by atoms with Crippen LogP contribution in [0.25, 0.3) is 0 Å². The molecule has 0 amide bonds. The van der Waals surface area contributed by atoms with Gasteiger partial charge in [-0.3, -0.25) is 9.05 Å². The molecule has 12 heteroatoms. The van der Waals surface area contributed by atoms with E-state index in [0.29, 0.717) is 13.8 Å². The molecule has 0 aromatic rings. The van der Waals surface area contributed by atoms with Gasteiger partial charge in [-0.05, 0) is 13.8 Å². The summed E-state index contributed by atoms with van der Waals surface area (Å²) in [4.78, 5) is 8.86. The topological polar surface area (TPSA) is 55.8 Å². The molecule has 20 heavy (non-hydrogen) atoms. The quantitative estimate of drug-likeness (QED) is 0.634. The van der Waals surface area contributed by atoms with Gasteiger partial charge in [-0.15, -0.1) is 0 Å². The minimum absolute atomic E-state index is 0.672. The molecule has 0 aromatic carbocycles. The molecule has 1 aliphatic rings. The van der Waals surface area contributed by atoms with Crippen LogP contribution in [0.5, 0.6) is 0 Å². The Kier molecular flexibility index (Phi) is 4.03. The van der Waals surface area contributed by atoms with E-state index >= 15 is 0 Å². The Morgan fingerprint density at radius 1 is 1.20 bits per heavy atom. The maximum Gasteiger partial charge on any atom is 0.473 e. The second-order valence-electron chi connectivity index (χ2n) is 4.68. The first-order chi connectivity index (χ1) is 8.61. The molecule has 1 rings (SSSR count). The standard InChI is InChI=1S/C8H10F7O4P/c1-5(2)4(18-20(16,17)19-5)7(12,13)8(14,15)6(10,11)3-9/h4H,3H2,1-2H3,(H,16,17). The number of rotatable bonds is 4. The molecule has 1 fully saturated rings. The van der Waals surface area contributed by atoms with Crippen LogP contribution in [0.4, 0.5) is 30.7 Å². The lowest BCUT2D eigenvalue weighted by Crippen LogP contribution is -2.63. The second kappa shape index (κ2) is 4.56. The van der Waals surface area contributed by atoms with E-state index in [4.69, 9.17) is 4.89 Å². The Labute approximate surface area is 108 Å². The maximum atomic E-state index is 13.6. The number of halogens is 7. The van der Waals surface area contributed by atoms with Gasteiger partial charge in [0.1, 0.15) is 5.60 Å². The van der Waals surface area contributed by atoms with E-state index in [9.17, 15) is 35.3 Å². The van der Waals surface area contributed by atoms with Gasteiger partial charge < -0.3 is 4.89 Å². The fourth-order valence-electron chi connectivity index (χ4n) is 1.62. The smallest absolute Gasteiger partial charge is 0.302 e. The molecule has 1 aliphatic heterocycles. The maximum absolute atomic E-state index is 13.6. The first-order valence-corrected chi connectivity index (χ1v) is 6.52. The highest BCUT2D eigenvalue weighted by molar-refractivity contribution is 7.47. The lowest BCUT2D eigenvalue weighted by molar-refractivity contribution is -0.337. The monoisotopic (exact) mass is 334 g/mol. The molecule has 1 heterocycles. The van der Waals surface area contributed by atoms with E-state index in [1.165, 1.54) is 0 Å². The SMILES string of the molecule is CC1(C)OP(=O)(O)OC1C(F)(F)C(F)(F)C(F)(F)CF. The molecule has 0 saturated carbocycles. The van der Waals surface area contributed by atoms with E-state index in [2.05, 4.69) is 9.05 Å². The van der Waals surface area contributed by atoms with Crippen molar-refractivity contribution in [2.75, 3.05) is 6.67 Å². The van der Waals surface area contributed by atoms with Gasteiger partial charge in [0.05, 0.1) is 0 Å². The highest BCUT2D eigenvalue weighted by atomic mass is 31.2. The summed E-state index contributed by atoms with van der Waals surface area (Å²) in [6.07, 6.45) is -3.17. The molecular formula is C8H10F7O4P. The van der Waals surface area contributed by atoms with Crippen LogP contribution >= 0.6 is 7.82 Å². The number of phosphoric ester groups is 1. The summed E-state index contributed by atoms with van der Waals surface area (Å²) in [5, 5.41) is 0. The summed E-state index contributed by atoms with van der Waals surface area (Å²) in [6, 6.07) is 0. The van der Waals surface area contributed by atoms with Gasteiger partial charge in [-0.2, -0.15) is 26.3 Å². The molecule has 120 valence electrons. The van der Waals surface area contributed by atoms with Crippen molar-refractivity contribution in [2.24, 2.45) is 0 Å². The Morgan fingerprint density at radius 3 is 1.95 bits per heavy atom. The zero-order valence-electron chi connectivity index (χ0n) is 10.0. The Hall–Kier alpha value is -0.380. The number of hydrogen-bond acceptors (Lipinski definition) is 3. The highest BCUT2D eigenvalue weighted by Crippen LogP contribution is 2.62. The number of phosphoric acid groups is 1. The summed E-state index contributed by atoms with van der Waals surface area (Å²) in [6.45, 7) is -1.70. The van der Waals surface area contributed by atoms with Crippen molar-refractivity contribution >= 4 is 7.82 Å². The van der Waals surface area contributed by atoms with Crippen molar-refractivity contribution < 1.29 is 49.2 Å². The zero-order chi connectivity index (χ0) is 16.2. The molecule has 4 nitrogen and oxygen atoms in total. The fraction of sp³-hybridized carbons (Fsp3) is 1.00. The lowest BCUT2D eigenvalue weighted by atomic mass is 9.90. The van der Waals surface area contributed by atoms with Gasteiger partial charge in [0.2, 0.25) is 0 Å². The van der Waals surface area contributed by atoms with E-state index < -0.39 is 44.0 Å². The third-order valence-electron chi connectivity index (χ3n) is 2.60. The van der Waals surface area contributed by atoms with Gasteiger partial charge in [0.25, 0.3) is 0 Å². The highest BCUT2D eigenvalue weighted by Gasteiger charge is 2.78. The van der Waals surface area contributed by atoms with Crippen LogP contribution in [0.2, 0.25) is 0 Å². The largest absolute Gasteiger partial charge is 0.473 e. The van der Waals surface area contributed by atoms with Crippen LogP contribution in [-0.4, -0.2) is 41.0 Å². The molecule has 0 bridgehead atoms. The van der Waals surface area contributed by atoms with Gasteiger partial charge in [-0.1, -0.05) is 0 Å². The van der Waals surface area contributed by atoms with Crippen LogP contribution in [-0.2, 0) is 13.6 Å². The summed E-state index contributed by atoms with van der Waals surface area (Å²) in [5.74, 6) is -17.5. The summed E-state index contributed by atoms with van der Waals surface area (Å²) in [5.41, 5.74) is -2.47. The predicted molar refractivity (Wildman–Crippen MR) is 50.7 cm³/mol. The van der Waals surface area contributed by atoms with E-state index in [1.807, 2.05) is 0 Å². The molecule has 1 N–H and O–H groups in total. The van der Waals surface area contributed by atoms with Crippen LogP contribution in [0.3, 0.4) is 0 Å². The first kappa shape index (κ1) is 17.7. The molecule has 1 saturated heterocycles. The van der Waals surface area contributed by atoms with Gasteiger partial charge in [-0.25, -0.2) is 8.96 Å². The predicted octanol–water partition coefficient (Wildman–Crippen LogP) is 3.16. The van der Waals surface area contributed by atoms with Crippen molar-refractivity contribution in [1.82, 2.24) is 0 Å². The number of alkyl halides is 7. The minimum Gasteiger partial charge on any atom is -0.302 e. The molecule has 0 spiro atoms. The van der Waals surface area contributed by atoms with E-state index in [-0.39, 0.29) is 0 Å². The Balaban J connectivity index is 3.27. The third-order valence-corrected chi connectivity index (χ3v) is 3.77. The normalized spacial score (nSPS) is 31.6. The van der Waals surface area contributed by atoms with Gasteiger partial charge >= 0.3 is 25.6 Å². The Bertz CT molecular complexity index is 439. The van der Waals surface area contributed by atoms with E-state index in [1.54, 1.807) is 0 Å². The Morgan fingerprint density at radius 2 is 1.65 bits per heavy atom. The second-order valence-corrected chi connectivity index (χ2v) is 6.01.